The van der Waals surface area contributed by atoms with Crippen molar-refractivity contribution in [2.75, 3.05) is 46.3 Å². The molecule has 3 rings (SSSR count). The molecule has 2 saturated heterocycles. The third-order valence-corrected chi connectivity index (χ3v) is 7.29. The molecule has 164 valence electrons. The van der Waals surface area contributed by atoms with Gasteiger partial charge in [0.15, 0.2) is 5.96 Å². The van der Waals surface area contributed by atoms with Crippen LogP contribution in [0.15, 0.2) is 10.4 Å². The number of hydrogen-bond acceptors (Lipinski definition) is 5. The van der Waals surface area contributed by atoms with Gasteiger partial charge in [-0.15, -0.1) is 11.3 Å². The molecule has 1 aromatic heterocycles. The molecule has 0 atom stereocenters. The summed E-state index contributed by atoms with van der Waals surface area (Å²) in [4.78, 5) is 14.3. The maximum absolute atomic E-state index is 4.72. The molecule has 0 bridgehead atoms. The van der Waals surface area contributed by atoms with Gasteiger partial charge in [-0.25, -0.2) is 4.98 Å². The van der Waals surface area contributed by atoms with Crippen LogP contribution >= 0.6 is 11.3 Å². The van der Waals surface area contributed by atoms with Gasteiger partial charge in [0, 0.05) is 44.6 Å². The smallest absolute Gasteiger partial charge is 0.191 e. The number of nitrogens with one attached hydrogen (secondary N) is 2. The normalized spacial score (nSPS) is 20.9. The van der Waals surface area contributed by atoms with E-state index in [4.69, 9.17) is 4.98 Å². The Morgan fingerprint density at radius 1 is 1.14 bits per heavy atom. The number of aliphatic imine (C=N–C) groups is 1. The first kappa shape index (κ1) is 22.5. The van der Waals surface area contributed by atoms with Crippen LogP contribution in [0.4, 0.5) is 0 Å². The van der Waals surface area contributed by atoms with Gasteiger partial charge in [0.2, 0.25) is 0 Å². The lowest BCUT2D eigenvalue weighted by Gasteiger charge is -2.34. The fourth-order valence-corrected chi connectivity index (χ4v) is 5.14. The van der Waals surface area contributed by atoms with Crippen molar-refractivity contribution >= 4 is 17.3 Å². The fraction of sp³-hybridized carbons (Fsp3) is 0.818. The number of aryl methyl sites for hydroxylation is 1. The third-order valence-electron chi connectivity index (χ3n) is 6.24. The third kappa shape index (κ3) is 7.23. The summed E-state index contributed by atoms with van der Waals surface area (Å²) >= 11 is 1.80. The zero-order valence-electron chi connectivity index (χ0n) is 18.6. The predicted octanol–water partition coefficient (Wildman–Crippen LogP) is 2.96. The minimum absolute atomic E-state index is 0.558. The van der Waals surface area contributed by atoms with Crippen molar-refractivity contribution in [2.45, 2.75) is 65.0 Å². The number of hydrogen-bond donors (Lipinski definition) is 2. The Kier molecular flexibility index (Phi) is 9.21. The highest BCUT2D eigenvalue weighted by atomic mass is 32.1. The second-order valence-electron chi connectivity index (χ2n) is 8.52. The Labute approximate surface area is 181 Å². The van der Waals surface area contributed by atoms with Crippen LogP contribution in [-0.4, -0.2) is 73.1 Å². The van der Waals surface area contributed by atoms with E-state index in [0.29, 0.717) is 6.04 Å². The summed E-state index contributed by atoms with van der Waals surface area (Å²) in [6.07, 6.45) is 7.24. The number of aromatic nitrogens is 1. The van der Waals surface area contributed by atoms with Crippen molar-refractivity contribution in [3.8, 4) is 0 Å². The monoisotopic (exact) mass is 420 g/mol. The Balaban J connectivity index is 1.32. The summed E-state index contributed by atoms with van der Waals surface area (Å²) in [5.41, 5.74) is 1.25. The Hall–Kier alpha value is -1.18. The van der Waals surface area contributed by atoms with E-state index in [1.165, 1.54) is 75.5 Å². The van der Waals surface area contributed by atoms with Gasteiger partial charge in [-0.1, -0.05) is 13.8 Å². The molecule has 6 nitrogen and oxygen atoms in total. The van der Waals surface area contributed by atoms with Gasteiger partial charge in [0.1, 0.15) is 0 Å². The minimum atomic E-state index is 0.558. The molecule has 0 saturated carbocycles. The molecule has 2 aliphatic heterocycles. The standard InChI is InChI=1S/C22H40N6S/c1-4-10-27-13-8-19(9-14-27)26-22(23-3)24-15-18-6-11-28(12-7-18)16-20-17-29-21(5-2)25-20/h17-19H,4-16H2,1-3H3,(H2,23,24,26). The number of nitrogens with zero attached hydrogens (tertiary/aromatic N) is 4. The van der Waals surface area contributed by atoms with Crippen LogP contribution in [0.1, 0.15) is 56.7 Å². The topological polar surface area (TPSA) is 55.8 Å². The average Bonchev–Trinajstić information content (AvgIpc) is 3.21. The Morgan fingerprint density at radius 3 is 2.48 bits per heavy atom. The zero-order valence-corrected chi connectivity index (χ0v) is 19.4. The van der Waals surface area contributed by atoms with Crippen molar-refractivity contribution in [3.63, 3.8) is 0 Å². The lowest BCUT2D eigenvalue weighted by Crippen LogP contribution is -2.50. The lowest BCUT2D eigenvalue weighted by atomic mass is 9.97. The van der Waals surface area contributed by atoms with E-state index in [2.05, 4.69) is 44.7 Å². The molecule has 7 heteroatoms. The number of thiazole rings is 1. The minimum Gasteiger partial charge on any atom is -0.356 e. The molecule has 0 radical (unpaired) electrons. The van der Waals surface area contributed by atoms with E-state index in [9.17, 15) is 0 Å². The van der Waals surface area contributed by atoms with Crippen LogP contribution in [0.2, 0.25) is 0 Å². The Bertz CT molecular complexity index is 615. The van der Waals surface area contributed by atoms with E-state index in [-0.39, 0.29) is 0 Å². The molecule has 2 N–H and O–H groups in total. The highest BCUT2D eigenvalue weighted by molar-refractivity contribution is 7.09. The molecule has 2 aliphatic rings. The van der Waals surface area contributed by atoms with Gasteiger partial charge < -0.3 is 15.5 Å². The second-order valence-corrected chi connectivity index (χ2v) is 9.46. The van der Waals surface area contributed by atoms with Crippen molar-refractivity contribution < 1.29 is 0 Å². The number of piperidine rings is 2. The first-order valence-electron chi connectivity index (χ1n) is 11.5. The van der Waals surface area contributed by atoms with E-state index in [1.54, 1.807) is 11.3 Å². The molecule has 1 aromatic rings. The summed E-state index contributed by atoms with van der Waals surface area (Å²) in [5, 5.41) is 10.7. The first-order valence-corrected chi connectivity index (χ1v) is 12.4. The second kappa shape index (κ2) is 11.9. The van der Waals surface area contributed by atoms with Gasteiger partial charge in [0.05, 0.1) is 10.7 Å². The summed E-state index contributed by atoms with van der Waals surface area (Å²) in [6, 6.07) is 0.558. The van der Waals surface area contributed by atoms with Crippen LogP contribution in [0, 0.1) is 5.92 Å². The molecule has 29 heavy (non-hydrogen) atoms. The molecule has 0 amide bonds. The van der Waals surface area contributed by atoms with Crippen LogP contribution in [-0.2, 0) is 13.0 Å². The van der Waals surface area contributed by atoms with Crippen molar-refractivity contribution in [1.82, 2.24) is 25.4 Å². The summed E-state index contributed by atoms with van der Waals surface area (Å²) in [7, 11) is 1.89. The van der Waals surface area contributed by atoms with Crippen molar-refractivity contribution in [2.24, 2.45) is 10.9 Å². The number of guanidine groups is 1. The quantitative estimate of drug-likeness (QED) is 0.500. The van der Waals surface area contributed by atoms with Gasteiger partial charge in [0.25, 0.3) is 0 Å². The predicted molar refractivity (Wildman–Crippen MR) is 124 cm³/mol. The van der Waals surface area contributed by atoms with Gasteiger partial charge in [-0.05, 0) is 64.1 Å². The van der Waals surface area contributed by atoms with Crippen LogP contribution in [0.3, 0.4) is 0 Å². The average molecular weight is 421 g/mol. The zero-order chi connectivity index (χ0) is 20.5. The molecule has 0 aliphatic carbocycles. The van der Waals surface area contributed by atoms with E-state index < -0.39 is 0 Å². The van der Waals surface area contributed by atoms with E-state index in [0.717, 1.165) is 31.4 Å². The molecule has 3 heterocycles. The van der Waals surface area contributed by atoms with Crippen LogP contribution in [0.25, 0.3) is 0 Å². The molecular formula is C22H40N6S. The molecule has 0 unspecified atom stereocenters. The number of likely N-dealkylation sites (tertiary alicyclic amines) is 2. The summed E-state index contributed by atoms with van der Waals surface area (Å²) in [6.45, 7) is 12.5. The van der Waals surface area contributed by atoms with Crippen LogP contribution < -0.4 is 10.6 Å². The van der Waals surface area contributed by atoms with Gasteiger partial charge >= 0.3 is 0 Å². The van der Waals surface area contributed by atoms with Crippen molar-refractivity contribution in [1.29, 1.82) is 0 Å². The fourth-order valence-electron chi connectivity index (χ4n) is 4.41. The molecule has 2 fully saturated rings. The van der Waals surface area contributed by atoms with Gasteiger partial charge in [-0.3, -0.25) is 9.89 Å². The largest absolute Gasteiger partial charge is 0.356 e. The lowest BCUT2D eigenvalue weighted by molar-refractivity contribution is 0.176. The maximum Gasteiger partial charge on any atom is 0.191 e. The molecule has 0 aromatic carbocycles. The number of rotatable bonds is 8. The Morgan fingerprint density at radius 2 is 1.86 bits per heavy atom. The van der Waals surface area contributed by atoms with Crippen LogP contribution in [0.5, 0.6) is 0 Å². The summed E-state index contributed by atoms with van der Waals surface area (Å²) in [5.74, 6) is 1.72. The van der Waals surface area contributed by atoms with E-state index in [1.807, 2.05) is 7.05 Å². The molecule has 0 spiro atoms. The highest BCUT2D eigenvalue weighted by Gasteiger charge is 2.22. The van der Waals surface area contributed by atoms with E-state index >= 15 is 0 Å². The molecular weight excluding hydrogens is 380 g/mol. The maximum atomic E-state index is 4.72. The first-order chi connectivity index (χ1) is 14.2. The summed E-state index contributed by atoms with van der Waals surface area (Å²) < 4.78 is 0. The highest BCUT2D eigenvalue weighted by Crippen LogP contribution is 2.19. The van der Waals surface area contributed by atoms with Crippen molar-refractivity contribution in [3.05, 3.63) is 16.1 Å². The van der Waals surface area contributed by atoms with Gasteiger partial charge in [-0.2, -0.15) is 0 Å². The SMILES string of the molecule is CCCN1CCC(NC(=NC)NCC2CCN(Cc3csc(CC)n3)CC2)CC1.